The number of ether oxygens (including phenoxy) is 1. The molecule has 3 aromatic rings. The Bertz CT molecular complexity index is 914. The van der Waals surface area contributed by atoms with Crippen LogP contribution in [0.15, 0.2) is 59.7 Å². The second kappa shape index (κ2) is 8.11. The average Bonchev–Trinajstić information content (AvgIpc) is 3.18. The third kappa shape index (κ3) is 3.97. The van der Waals surface area contributed by atoms with E-state index in [1.54, 1.807) is 19.4 Å². The minimum absolute atomic E-state index is 0.324. The highest BCUT2D eigenvalue weighted by Crippen LogP contribution is 2.28. The van der Waals surface area contributed by atoms with Crippen LogP contribution in [-0.4, -0.2) is 29.4 Å². The summed E-state index contributed by atoms with van der Waals surface area (Å²) in [5.74, 6) is 0.333. The van der Waals surface area contributed by atoms with Gasteiger partial charge in [-0.15, -0.1) is 0 Å². The summed E-state index contributed by atoms with van der Waals surface area (Å²) >= 11 is 0. The van der Waals surface area contributed by atoms with Gasteiger partial charge in [0.25, 0.3) is 5.91 Å². The zero-order valence-corrected chi connectivity index (χ0v) is 14.7. The van der Waals surface area contributed by atoms with Crippen molar-refractivity contribution < 1.29 is 9.53 Å². The zero-order valence-electron chi connectivity index (χ0n) is 14.7. The van der Waals surface area contributed by atoms with Gasteiger partial charge in [-0.05, 0) is 35.7 Å². The van der Waals surface area contributed by atoms with Gasteiger partial charge in [0.1, 0.15) is 11.4 Å². The first kappa shape index (κ1) is 17.4. The van der Waals surface area contributed by atoms with Crippen molar-refractivity contribution in [1.29, 1.82) is 0 Å². The lowest BCUT2D eigenvalue weighted by molar-refractivity contribution is 0.0950. The van der Waals surface area contributed by atoms with E-state index in [1.165, 1.54) is 5.56 Å². The highest BCUT2D eigenvalue weighted by atomic mass is 16.5. The van der Waals surface area contributed by atoms with Crippen LogP contribution in [0.1, 0.15) is 28.5 Å². The molecule has 132 valence electrons. The van der Waals surface area contributed by atoms with E-state index in [1.807, 2.05) is 48.5 Å². The van der Waals surface area contributed by atoms with E-state index >= 15 is 0 Å². The molecule has 6 nitrogen and oxygen atoms in total. The SMILES string of the molecule is CCc1ccc(C=NNC(=O)c2cc(-c3ccccc3OC)n[nH]2)cc1. The third-order valence-corrected chi connectivity index (χ3v) is 3.97. The molecule has 2 N–H and O–H groups in total. The maximum atomic E-state index is 12.2. The quantitative estimate of drug-likeness (QED) is 0.529. The predicted octanol–water partition coefficient (Wildman–Crippen LogP) is 3.41. The van der Waals surface area contributed by atoms with Crippen molar-refractivity contribution in [2.24, 2.45) is 5.10 Å². The van der Waals surface area contributed by atoms with Crippen LogP contribution >= 0.6 is 0 Å². The Hall–Kier alpha value is -3.41. The number of aromatic nitrogens is 2. The van der Waals surface area contributed by atoms with Crippen LogP contribution < -0.4 is 10.2 Å². The van der Waals surface area contributed by atoms with Crippen molar-refractivity contribution >= 4 is 12.1 Å². The average molecular weight is 348 g/mol. The summed E-state index contributed by atoms with van der Waals surface area (Å²) in [6, 6.07) is 17.2. The summed E-state index contributed by atoms with van der Waals surface area (Å²) in [6.07, 6.45) is 2.59. The molecule has 1 aromatic heterocycles. The second-order valence-electron chi connectivity index (χ2n) is 5.66. The molecule has 0 atom stereocenters. The fourth-order valence-corrected chi connectivity index (χ4v) is 2.50. The number of amides is 1. The fraction of sp³-hybridized carbons (Fsp3) is 0.150. The molecule has 0 saturated carbocycles. The van der Waals surface area contributed by atoms with Crippen LogP contribution in [0.3, 0.4) is 0 Å². The number of methoxy groups -OCH3 is 1. The Morgan fingerprint density at radius 1 is 1.23 bits per heavy atom. The second-order valence-corrected chi connectivity index (χ2v) is 5.66. The van der Waals surface area contributed by atoms with Gasteiger partial charge in [0.05, 0.1) is 19.0 Å². The van der Waals surface area contributed by atoms with Crippen molar-refractivity contribution in [3.63, 3.8) is 0 Å². The lowest BCUT2D eigenvalue weighted by Gasteiger charge is -2.04. The predicted molar refractivity (Wildman–Crippen MR) is 101 cm³/mol. The maximum absolute atomic E-state index is 12.2. The first-order valence-corrected chi connectivity index (χ1v) is 8.32. The van der Waals surface area contributed by atoms with Crippen LogP contribution in [0.4, 0.5) is 0 Å². The number of hydrogen-bond acceptors (Lipinski definition) is 4. The number of hydrazone groups is 1. The van der Waals surface area contributed by atoms with Crippen LogP contribution in [0.2, 0.25) is 0 Å². The molecule has 0 unspecified atom stereocenters. The van der Waals surface area contributed by atoms with Gasteiger partial charge >= 0.3 is 0 Å². The molecule has 0 bridgehead atoms. The number of aryl methyl sites for hydroxylation is 1. The number of carbonyl (C=O) groups excluding carboxylic acids is 1. The molecule has 1 heterocycles. The molecule has 0 saturated heterocycles. The Balaban J connectivity index is 1.67. The lowest BCUT2D eigenvalue weighted by Crippen LogP contribution is -2.18. The van der Waals surface area contributed by atoms with Crippen molar-refractivity contribution in [2.45, 2.75) is 13.3 Å². The molecular weight excluding hydrogens is 328 g/mol. The van der Waals surface area contributed by atoms with E-state index in [9.17, 15) is 4.79 Å². The molecule has 0 spiro atoms. The summed E-state index contributed by atoms with van der Waals surface area (Å²) in [4.78, 5) is 12.2. The minimum atomic E-state index is -0.361. The minimum Gasteiger partial charge on any atom is -0.496 e. The molecule has 26 heavy (non-hydrogen) atoms. The Morgan fingerprint density at radius 2 is 2.00 bits per heavy atom. The lowest BCUT2D eigenvalue weighted by atomic mass is 10.1. The first-order valence-electron chi connectivity index (χ1n) is 8.32. The van der Waals surface area contributed by atoms with Crippen molar-refractivity contribution in [1.82, 2.24) is 15.6 Å². The van der Waals surface area contributed by atoms with Gasteiger partial charge in [0.2, 0.25) is 0 Å². The number of benzene rings is 2. The summed E-state index contributed by atoms with van der Waals surface area (Å²) < 4.78 is 5.32. The van der Waals surface area contributed by atoms with Crippen molar-refractivity contribution in [3.8, 4) is 17.0 Å². The van der Waals surface area contributed by atoms with Crippen molar-refractivity contribution in [3.05, 3.63) is 71.4 Å². The number of nitrogens with one attached hydrogen (secondary N) is 2. The highest BCUT2D eigenvalue weighted by Gasteiger charge is 2.13. The van der Waals surface area contributed by atoms with E-state index in [2.05, 4.69) is 27.6 Å². The van der Waals surface area contributed by atoms with Gasteiger partial charge < -0.3 is 4.74 Å². The van der Waals surface area contributed by atoms with E-state index < -0.39 is 0 Å². The Kier molecular flexibility index (Phi) is 5.43. The largest absolute Gasteiger partial charge is 0.496 e. The van der Waals surface area contributed by atoms with Gasteiger partial charge in [-0.1, -0.05) is 43.3 Å². The number of nitrogens with zero attached hydrogens (tertiary/aromatic N) is 2. The van der Waals surface area contributed by atoms with Gasteiger partial charge in [0.15, 0.2) is 0 Å². The summed E-state index contributed by atoms with van der Waals surface area (Å²) in [7, 11) is 1.60. The number of H-pyrrole nitrogens is 1. The molecule has 0 aliphatic rings. The molecular formula is C20H20N4O2. The molecule has 3 rings (SSSR count). The van der Waals surface area contributed by atoms with E-state index in [0.717, 1.165) is 17.5 Å². The van der Waals surface area contributed by atoms with Crippen LogP contribution in [0.5, 0.6) is 5.75 Å². The van der Waals surface area contributed by atoms with Crippen LogP contribution in [0.25, 0.3) is 11.3 Å². The standard InChI is InChI=1S/C20H20N4O2/c1-3-14-8-10-15(11-9-14)13-21-24-20(25)18-12-17(22-23-18)16-6-4-5-7-19(16)26-2/h4-13H,3H2,1-2H3,(H,22,23)(H,24,25). The number of hydrogen-bond donors (Lipinski definition) is 2. The van der Waals surface area contributed by atoms with Gasteiger partial charge in [-0.25, -0.2) is 5.43 Å². The monoisotopic (exact) mass is 348 g/mol. The van der Waals surface area contributed by atoms with E-state index in [-0.39, 0.29) is 5.91 Å². The molecule has 0 aliphatic heterocycles. The highest BCUT2D eigenvalue weighted by molar-refractivity contribution is 5.94. The number of para-hydroxylation sites is 1. The van der Waals surface area contributed by atoms with Crippen LogP contribution in [-0.2, 0) is 6.42 Å². The Labute approximate surface area is 151 Å². The molecule has 0 fully saturated rings. The fourth-order valence-electron chi connectivity index (χ4n) is 2.50. The summed E-state index contributed by atoms with van der Waals surface area (Å²) in [5, 5.41) is 10.9. The van der Waals surface area contributed by atoms with E-state index in [0.29, 0.717) is 17.1 Å². The molecule has 1 amide bonds. The van der Waals surface area contributed by atoms with Gasteiger partial charge in [-0.2, -0.15) is 10.2 Å². The zero-order chi connectivity index (χ0) is 18.4. The molecule has 2 aromatic carbocycles. The Morgan fingerprint density at radius 3 is 2.73 bits per heavy atom. The summed E-state index contributed by atoms with van der Waals surface area (Å²) in [6.45, 7) is 2.10. The van der Waals surface area contributed by atoms with E-state index in [4.69, 9.17) is 4.74 Å². The topological polar surface area (TPSA) is 79.4 Å². The number of aromatic amines is 1. The third-order valence-electron chi connectivity index (χ3n) is 3.97. The van der Waals surface area contributed by atoms with Crippen LogP contribution in [0, 0.1) is 0 Å². The maximum Gasteiger partial charge on any atom is 0.289 e. The number of rotatable bonds is 6. The first-order chi connectivity index (χ1) is 12.7. The summed E-state index contributed by atoms with van der Waals surface area (Å²) in [5.41, 5.74) is 6.44. The molecule has 0 aliphatic carbocycles. The smallest absolute Gasteiger partial charge is 0.289 e. The number of carbonyl (C=O) groups is 1. The van der Waals surface area contributed by atoms with Gasteiger partial charge in [0, 0.05) is 5.56 Å². The van der Waals surface area contributed by atoms with Crippen molar-refractivity contribution in [2.75, 3.05) is 7.11 Å². The van der Waals surface area contributed by atoms with Gasteiger partial charge in [-0.3, -0.25) is 9.89 Å². The normalized spacial score (nSPS) is 10.8. The molecule has 6 heteroatoms. The molecule has 0 radical (unpaired) electrons.